The standard InChI is InChI=1S/C17H21Cl2NO3/c1-10-4-3-5-15(11(10)2)20-16(21)9-23-17(22)12-6-13(18)8-14(19)7-12/h6-8,10-11,15H,3-5,9H2,1-2H3,(H,20,21)/t10-,11-,15+/m1/s1. The zero-order chi connectivity index (χ0) is 17.0. The monoisotopic (exact) mass is 357 g/mol. The van der Waals surface area contributed by atoms with Crippen molar-refractivity contribution in [3.05, 3.63) is 33.8 Å². The second-order valence-corrected chi connectivity index (χ2v) is 7.05. The molecule has 0 saturated heterocycles. The molecule has 1 amide bonds. The number of hydrogen-bond donors (Lipinski definition) is 1. The Morgan fingerprint density at radius 1 is 1.17 bits per heavy atom. The third-order valence-corrected chi connectivity index (χ3v) is 4.92. The number of rotatable bonds is 4. The van der Waals surface area contributed by atoms with Gasteiger partial charge in [-0.3, -0.25) is 4.79 Å². The maximum Gasteiger partial charge on any atom is 0.338 e. The van der Waals surface area contributed by atoms with E-state index in [1.165, 1.54) is 24.6 Å². The second-order valence-electron chi connectivity index (χ2n) is 6.18. The summed E-state index contributed by atoms with van der Waals surface area (Å²) >= 11 is 11.7. The fourth-order valence-electron chi connectivity index (χ4n) is 2.92. The highest BCUT2D eigenvalue weighted by Crippen LogP contribution is 2.29. The number of amides is 1. The third-order valence-electron chi connectivity index (χ3n) is 4.49. The lowest BCUT2D eigenvalue weighted by molar-refractivity contribution is -0.125. The van der Waals surface area contributed by atoms with E-state index in [9.17, 15) is 9.59 Å². The largest absolute Gasteiger partial charge is 0.452 e. The SMILES string of the molecule is C[C@@H]1[C@H](C)CCC[C@@H]1NC(=O)COC(=O)c1cc(Cl)cc(Cl)c1. The van der Waals surface area contributed by atoms with Crippen LogP contribution in [0.4, 0.5) is 0 Å². The molecule has 0 aromatic heterocycles. The fraction of sp³-hybridized carbons (Fsp3) is 0.529. The summed E-state index contributed by atoms with van der Waals surface area (Å²) in [5, 5.41) is 3.65. The molecule has 126 valence electrons. The molecule has 4 nitrogen and oxygen atoms in total. The maximum atomic E-state index is 12.0. The lowest BCUT2D eigenvalue weighted by Crippen LogP contribution is -2.45. The molecular weight excluding hydrogens is 337 g/mol. The van der Waals surface area contributed by atoms with Crippen molar-refractivity contribution in [2.45, 2.75) is 39.2 Å². The number of esters is 1. The highest BCUT2D eigenvalue weighted by Gasteiger charge is 2.28. The topological polar surface area (TPSA) is 55.4 Å². The molecule has 0 heterocycles. The Kier molecular flexibility index (Phi) is 6.31. The molecule has 0 unspecified atom stereocenters. The minimum absolute atomic E-state index is 0.144. The van der Waals surface area contributed by atoms with Gasteiger partial charge in [-0.05, 0) is 36.5 Å². The van der Waals surface area contributed by atoms with Crippen LogP contribution in [-0.4, -0.2) is 24.5 Å². The molecule has 2 rings (SSSR count). The van der Waals surface area contributed by atoms with Crippen LogP contribution >= 0.6 is 23.2 Å². The summed E-state index contributed by atoms with van der Waals surface area (Å²) < 4.78 is 5.04. The van der Waals surface area contributed by atoms with Crippen LogP contribution in [0.5, 0.6) is 0 Å². The van der Waals surface area contributed by atoms with Gasteiger partial charge in [-0.1, -0.05) is 49.9 Å². The molecule has 1 aliphatic carbocycles. The van der Waals surface area contributed by atoms with Gasteiger partial charge in [0.2, 0.25) is 0 Å². The minimum Gasteiger partial charge on any atom is -0.452 e. The van der Waals surface area contributed by atoms with Gasteiger partial charge < -0.3 is 10.1 Å². The number of halogens is 2. The van der Waals surface area contributed by atoms with Crippen molar-refractivity contribution >= 4 is 35.1 Å². The maximum absolute atomic E-state index is 12.0. The molecule has 23 heavy (non-hydrogen) atoms. The molecule has 1 aliphatic rings. The van der Waals surface area contributed by atoms with Crippen molar-refractivity contribution in [1.29, 1.82) is 0 Å². The fourth-order valence-corrected chi connectivity index (χ4v) is 3.45. The Hall–Kier alpha value is -1.26. The van der Waals surface area contributed by atoms with Gasteiger partial charge >= 0.3 is 5.97 Å². The molecule has 0 spiro atoms. The average molecular weight is 358 g/mol. The first kappa shape index (κ1) is 18.1. The van der Waals surface area contributed by atoms with E-state index in [4.69, 9.17) is 27.9 Å². The quantitative estimate of drug-likeness (QED) is 0.825. The van der Waals surface area contributed by atoms with Crippen LogP contribution in [0.15, 0.2) is 18.2 Å². The van der Waals surface area contributed by atoms with Gasteiger partial charge in [-0.25, -0.2) is 4.79 Å². The molecule has 0 aliphatic heterocycles. The second kappa shape index (κ2) is 8.02. The predicted molar refractivity (Wildman–Crippen MR) is 90.9 cm³/mol. The van der Waals surface area contributed by atoms with E-state index in [0.29, 0.717) is 21.9 Å². The summed E-state index contributed by atoms with van der Waals surface area (Å²) in [7, 11) is 0. The molecule has 0 bridgehead atoms. The molecule has 1 N–H and O–H groups in total. The third kappa shape index (κ3) is 5.11. The Labute approximate surface area is 146 Å². The molecule has 0 radical (unpaired) electrons. The van der Waals surface area contributed by atoms with Gasteiger partial charge in [0, 0.05) is 16.1 Å². The lowest BCUT2D eigenvalue weighted by Gasteiger charge is -2.34. The molecule has 6 heteroatoms. The predicted octanol–water partition coefficient (Wildman–Crippen LogP) is 4.09. The normalized spacial score (nSPS) is 24.1. The summed E-state index contributed by atoms with van der Waals surface area (Å²) in [6, 6.07) is 4.58. The molecule has 1 saturated carbocycles. The van der Waals surface area contributed by atoms with Crippen LogP contribution < -0.4 is 5.32 Å². The van der Waals surface area contributed by atoms with E-state index in [1.54, 1.807) is 0 Å². The van der Waals surface area contributed by atoms with Crippen LogP contribution in [0.1, 0.15) is 43.5 Å². The van der Waals surface area contributed by atoms with Gasteiger partial charge in [0.05, 0.1) is 5.56 Å². The molecule has 1 aromatic rings. The summed E-state index contributed by atoms with van der Waals surface area (Å²) in [4.78, 5) is 23.9. The van der Waals surface area contributed by atoms with Crippen molar-refractivity contribution in [3.63, 3.8) is 0 Å². The van der Waals surface area contributed by atoms with E-state index >= 15 is 0 Å². The van der Waals surface area contributed by atoms with Gasteiger partial charge in [-0.2, -0.15) is 0 Å². The number of hydrogen-bond acceptors (Lipinski definition) is 3. The van der Waals surface area contributed by atoms with Crippen molar-refractivity contribution < 1.29 is 14.3 Å². The zero-order valence-electron chi connectivity index (χ0n) is 13.3. The molecule has 1 fully saturated rings. The summed E-state index contributed by atoms with van der Waals surface area (Å²) in [6.07, 6.45) is 3.27. The first-order valence-electron chi connectivity index (χ1n) is 7.79. The van der Waals surface area contributed by atoms with Crippen molar-refractivity contribution in [2.75, 3.05) is 6.61 Å². The Bertz CT molecular complexity index is 571. The molecule has 3 atom stereocenters. The highest BCUT2D eigenvalue weighted by atomic mass is 35.5. The van der Waals surface area contributed by atoms with Gasteiger partial charge in [0.15, 0.2) is 6.61 Å². The van der Waals surface area contributed by atoms with Crippen LogP contribution in [0.2, 0.25) is 10.0 Å². The highest BCUT2D eigenvalue weighted by molar-refractivity contribution is 6.35. The number of benzene rings is 1. The van der Waals surface area contributed by atoms with E-state index in [0.717, 1.165) is 12.8 Å². The number of carbonyl (C=O) groups excluding carboxylic acids is 2. The summed E-state index contributed by atoms with van der Waals surface area (Å²) in [6.45, 7) is 4.04. The van der Waals surface area contributed by atoms with E-state index < -0.39 is 5.97 Å². The Morgan fingerprint density at radius 3 is 2.48 bits per heavy atom. The van der Waals surface area contributed by atoms with E-state index in [-0.39, 0.29) is 24.1 Å². The van der Waals surface area contributed by atoms with Crippen LogP contribution in [-0.2, 0) is 9.53 Å². The lowest BCUT2D eigenvalue weighted by atomic mass is 9.78. The number of ether oxygens (including phenoxy) is 1. The van der Waals surface area contributed by atoms with Crippen molar-refractivity contribution in [1.82, 2.24) is 5.32 Å². The smallest absolute Gasteiger partial charge is 0.338 e. The average Bonchev–Trinajstić information content (AvgIpc) is 2.48. The number of carbonyl (C=O) groups is 2. The van der Waals surface area contributed by atoms with Gasteiger partial charge in [0.1, 0.15) is 0 Å². The first-order chi connectivity index (χ1) is 10.9. The molecular formula is C17H21Cl2NO3. The first-order valence-corrected chi connectivity index (χ1v) is 8.55. The Morgan fingerprint density at radius 2 is 1.83 bits per heavy atom. The number of nitrogens with one attached hydrogen (secondary N) is 1. The minimum atomic E-state index is -0.616. The van der Waals surface area contributed by atoms with E-state index in [2.05, 4.69) is 19.2 Å². The summed E-state index contributed by atoms with van der Waals surface area (Å²) in [5.74, 6) is 0.118. The zero-order valence-corrected chi connectivity index (χ0v) is 14.8. The van der Waals surface area contributed by atoms with Gasteiger partial charge in [-0.15, -0.1) is 0 Å². The van der Waals surface area contributed by atoms with Crippen molar-refractivity contribution in [2.24, 2.45) is 11.8 Å². The van der Waals surface area contributed by atoms with Crippen LogP contribution in [0, 0.1) is 11.8 Å². The van der Waals surface area contributed by atoms with Crippen LogP contribution in [0.25, 0.3) is 0 Å². The summed E-state index contributed by atoms with van der Waals surface area (Å²) in [5.41, 5.74) is 0.231. The van der Waals surface area contributed by atoms with Crippen LogP contribution in [0.3, 0.4) is 0 Å². The van der Waals surface area contributed by atoms with Crippen molar-refractivity contribution in [3.8, 4) is 0 Å². The molecule has 1 aromatic carbocycles. The van der Waals surface area contributed by atoms with Gasteiger partial charge in [0.25, 0.3) is 5.91 Å². The Balaban J connectivity index is 1.85. The van der Waals surface area contributed by atoms with E-state index in [1.807, 2.05) is 0 Å².